The van der Waals surface area contributed by atoms with E-state index in [2.05, 4.69) is 74.5 Å². The summed E-state index contributed by atoms with van der Waals surface area (Å²) >= 11 is 0. The molecule has 0 bridgehead atoms. The van der Waals surface area contributed by atoms with E-state index in [-0.39, 0.29) is 0 Å². The summed E-state index contributed by atoms with van der Waals surface area (Å²) in [7, 11) is 0. The van der Waals surface area contributed by atoms with Crippen LogP contribution in [-0.4, -0.2) is 36.0 Å². The average molecular weight is 351 g/mol. The third-order valence-electron chi connectivity index (χ3n) is 6.11. The number of benzene rings is 1. The first-order valence-corrected chi connectivity index (χ1v) is 9.99. The first-order chi connectivity index (χ1) is 12.4. The molecule has 1 aliphatic carbocycles. The largest absolute Gasteiger partial charge is 0.488 e. The molecule has 0 amide bonds. The Morgan fingerprint density at radius 1 is 0.885 bits per heavy atom. The Balaban J connectivity index is 1.74. The molecule has 3 aliphatic rings. The Bertz CT molecular complexity index is 766. The molecule has 1 aromatic carbocycles. The third kappa shape index (κ3) is 2.77. The summed E-state index contributed by atoms with van der Waals surface area (Å²) in [5.41, 5.74) is 10.0. The molecule has 2 saturated heterocycles. The van der Waals surface area contributed by atoms with Gasteiger partial charge < -0.3 is 14.7 Å². The molecule has 4 rings (SSSR count). The molecule has 1 unspecified atom stereocenters. The number of allylic oxidation sites excluding steroid dienone is 4. The molecular formula is C23H32N3-. The minimum Gasteiger partial charge on any atom is -0.488 e. The van der Waals surface area contributed by atoms with Crippen LogP contribution in [0.4, 0.5) is 5.69 Å². The Morgan fingerprint density at radius 2 is 1.50 bits per heavy atom. The summed E-state index contributed by atoms with van der Waals surface area (Å²) in [4.78, 5) is 7.78. The number of anilines is 1. The van der Waals surface area contributed by atoms with Crippen LogP contribution < -0.4 is 4.90 Å². The molecule has 2 aliphatic heterocycles. The highest BCUT2D eigenvalue weighted by atomic mass is 15.6. The van der Waals surface area contributed by atoms with Crippen molar-refractivity contribution in [2.75, 3.05) is 31.1 Å². The van der Waals surface area contributed by atoms with Gasteiger partial charge in [-0.15, -0.1) is 0 Å². The normalized spacial score (nSPS) is 24.5. The molecule has 0 radical (unpaired) electrons. The van der Waals surface area contributed by atoms with Crippen LogP contribution in [-0.2, 0) is 0 Å². The van der Waals surface area contributed by atoms with Gasteiger partial charge in [0, 0.05) is 18.8 Å². The number of nitrogens with zero attached hydrogens (tertiary/aromatic N) is 3. The van der Waals surface area contributed by atoms with Gasteiger partial charge in [-0.3, -0.25) is 0 Å². The van der Waals surface area contributed by atoms with Gasteiger partial charge in [0.25, 0.3) is 0 Å². The van der Waals surface area contributed by atoms with Crippen LogP contribution in [0.3, 0.4) is 0 Å². The van der Waals surface area contributed by atoms with Crippen LogP contribution in [0.5, 0.6) is 0 Å². The second-order valence-corrected chi connectivity index (χ2v) is 8.50. The highest BCUT2D eigenvalue weighted by Crippen LogP contribution is 2.43. The predicted molar refractivity (Wildman–Crippen MR) is 110 cm³/mol. The highest BCUT2D eigenvalue weighted by molar-refractivity contribution is 5.63. The van der Waals surface area contributed by atoms with Crippen molar-refractivity contribution in [1.29, 1.82) is 0 Å². The Labute approximate surface area is 159 Å². The van der Waals surface area contributed by atoms with Gasteiger partial charge in [-0.25, -0.2) is 0 Å². The van der Waals surface area contributed by atoms with E-state index in [1.54, 1.807) is 0 Å². The van der Waals surface area contributed by atoms with Gasteiger partial charge >= 0.3 is 0 Å². The summed E-state index contributed by atoms with van der Waals surface area (Å²) < 4.78 is 0. The van der Waals surface area contributed by atoms with Crippen molar-refractivity contribution < 1.29 is 0 Å². The van der Waals surface area contributed by atoms with Crippen LogP contribution in [0.1, 0.15) is 43.9 Å². The van der Waals surface area contributed by atoms with E-state index in [9.17, 15) is 0 Å². The molecule has 0 saturated carbocycles. The zero-order valence-electron chi connectivity index (χ0n) is 17.2. The first kappa shape index (κ1) is 17.7. The zero-order chi connectivity index (χ0) is 18.6. The number of rotatable bonds is 2. The van der Waals surface area contributed by atoms with Gasteiger partial charge in [-0.05, 0) is 82.4 Å². The lowest BCUT2D eigenvalue weighted by atomic mass is 9.88. The van der Waals surface area contributed by atoms with Crippen molar-refractivity contribution in [1.82, 2.24) is 9.80 Å². The molecule has 0 N–H and O–H groups in total. The lowest BCUT2D eigenvalue weighted by molar-refractivity contribution is 0.302. The monoisotopic (exact) mass is 350 g/mol. The fourth-order valence-electron chi connectivity index (χ4n) is 5.43. The van der Waals surface area contributed by atoms with E-state index in [0.29, 0.717) is 5.92 Å². The fraction of sp³-hybridized carbons (Fsp3) is 0.522. The fourth-order valence-corrected chi connectivity index (χ4v) is 5.43. The van der Waals surface area contributed by atoms with Gasteiger partial charge in [0.2, 0.25) is 0 Å². The maximum absolute atomic E-state index is 2.62. The van der Waals surface area contributed by atoms with Crippen LogP contribution >= 0.6 is 0 Å². The SMILES string of the molecule is CC1=CC(C)=C(N2CCN3CCN(c4c(C)cc(C)cc4C)[C-]32)C(C)C1. The summed E-state index contributed by atoms with van der Waals surface area (Å²) in [6.45, 7) is 18.1. The van der Waals surface area contributed by atoms with E-state index >= 15 is 0 Å². The Morgan fingerprint density at radius 3 is 2.12 bits per heavy atom. The maximum Gasteiger partial charge on any atom is 0.0158 e. The van der Waals surface area contributed by atoms with E-state index in [4.69, 9.17) is 0 Å². The molecule has 140 valence electrons. The van der Waals surface area contributed by atoms with Gasteiger partial charge in [0.15, 0.2) is 0 Å². The van der Waals surface area contributed by atoms with Crippen LogP contribution in [0.2, 0.25) is 0 Å². The lowest BCUT2D eigenvalue weighted by Gasteiger charge is -2.52. The second kappa shape index (κ2) is 6.45. The Kier molecular flexibility index (Phi) is 4.38. The molecule has 2 heterocycles. The number of aryl methyl sites for hydroxylation is 3. The molecule has 2 fully saturated rings. The number of hydrogen-bond donors (Lipinski definition) is 0. The molecule has 0 spiro atoms. The van der Waals surface area contributed by atoms with E-state index in [1.165, 1.54) is 51.9 Å². The number of fused-ring (bicyclic) bond motifs is 1. The van der Waals surface area contributed by atoms with Crippen LogP contribution in [0, 0.1) is 33.0 Å². The van der Waals surface area contributed by atoms with Crippen LogP contribution in [0.25, 0.3) is 0 Å². The van der Waals surface area contributed by atoms with Gasteiger partial charge in [-0.1, -0.05) is 42.6 Å². The topological polar surface area (TPSA) is 9.72 Å². The zero-order valence-corrected chi connectivity index (χ0v) is 17.2. The summed E-state index contributed by atoms with van der Waals surface area (Å²) in [5, 5.41) is 0. The number of hydrogen-bond acceptors (Lipinski definition) is 3. The van der Waals surface area contributed by atoms with E-state index in [0.717, 1.165) is 26.2 Å². The van der Waals surface area contributed by atoms with Crippen molar-refractivity contribution in [2.45, 2.75) is 48.0 Å². The van der Waals surface area contributed by atoms with E-state index in [1.807, 2.05) is 0 Å². The smallest absolute Gasteiger partial charge is 0.0158 e. The maximum atomic E-state index is 2.62. The Hall–Kier alpha value is -1.74. The van der Waals surface area contributed by atoms with E-state index < -0.39 is 0 Å². The molecule has 0 aromatic heterocycles. The molecular weight excluding hydrogens is 318 g/mol. The standard InChI is InChI=1S/C23H32N3/c1-15-11-17(3)21(18(4)12-15)25-9-7-24-8-10-26(23(24)25)22-19(5)13-16(2)14-20(22)6/h11-13,20H,7-10,14H2,1-6H3/q-1. The minimum absolute atomic E-state index is 0.593. The van der Waals surface area contributed by atoms with Crippen molar-refractivity contribution in [3.63, 3.8) is 0 Å². The third-order valence-corrected chi connectivity index (χ3v) is 6.11. The van der Waals surface area contributed by atoms with Gasteiger partial charge in [0.05, 0.1) is 0 Å². The lowest BCUT2D eigenvalue weighted by Crippen LogP contribution is -2.40. The summed E-state index contributed by atoms with van der Waals surface area (Å²) in [6.07, 6.45) is 4.98. The molecule has 1 aromatic rings. The summed E-state index contributed by atoms with van der Waals surface area (Å²) in [6, 6.07) is 4.65. The second-order valence-electron chi connectivity index (χ2n) is 8.50. The first-order valence-electron chi connectivity index (χ1n) is 9.99. The molecule has 3 heteroatoms. The highest BCUT2D eigenvalue weighted by Gasteiger charge is 2.33. The molecule has 26 heavy (non-hydrogen) atoms. The van der Waals surface area contributed by atoms with Crippen molar-refractivity contribution in [2.24, 2.45) is 5.92 Å². The van der Waals surface area contributed by atoms with Crippen molar-refractivity contribution in [3.05, 3.63) is 58.0 Å². The minimum atomic E-state index is 0.593. The van der Waals surface area contributed by atoms with Crippen molar-refractivity contribution in [3.8, 4) is 0 Å². The quantitative estimate of drug-likeness (QED) is 0.712. The van der Waals surface area contributed by atoms with Gasteiger partial charge in [-0.2, -0.15) is 0 Å². The summed E-state index contributed by atoms with van der Waals surface area (Å²) in [5.74, 6) is 0.593. The predicted octanol–water partition coefficient (Wildman–Crippen LogP) is 4.76. The average Bonchev–Trinajstić information content (AvgIpc) is 3.09. The van der Waals surface area contributed by atoms with Gasteiger partial charge in [0.1, 0.15) is 0 Å². The molecule has 3 nitrogen and oxygen atoms in total. The van der Waals surface area contributed by atoms with Crippen molar-refractivity contribution >= 4 is 5.69 Å². The molecule has 1 atom stereocenters. The van der Waals surface area contributed by atoms with Crippen LogP contribution in [0.15, 0.2) is 35.1 Å².